The predicted molar refractivity (Wildman–Crippen MR) is 47.0 cm³/mol. The van der Waals surface area contributed by atoms with Crippen molar-refractivity contribution in [2.24, 2.45) is 0 Å². The first-order chi connectivity index (χ1) is 6.00. The molecule has 13 heavy (non-hydrogen) atoms. The number of H-pyrrole nitrogens is 1. The van der Waals surface area contributed by atoms with Crippen LogP contribution < -0.4 is 0 Å². The van der Waals surface area contributed by atoms with Gasteiger partial charge in [-0.05, 0) is 31.6 Å². The monoisotopic (exact) mass is 183 g/mol. The number of carboxylic acids is 1. The Bertz CT molecular complexity index is 366. The van der Waals surface area contributed by atoms with Gasteiger partial charge in [-0.2, -0.15) is 4.39 Å². The van der Waals surface area contributed by atoms with Crippen LogP contribution in [0.15, 0.2) is 11.9 Å². The molecule has 0 unspecified atom stereocenters. The molecule has 0 spiro atoms. The third kappa shape index (κ3) is 2.18. The Hall–Kier alpha value is -1.58. The highest BCUT2D eigenvalue weighted by Gasteiger charge is 2.07. The average Bonchev–Trinajstić information content (AvgIpc) is 2.30. The maximum absolute atomic E-state index is 12.6. The van der Waals surface area contributed by atoms with Gasteiger partial charge in [0.25, 0.3) is 0 Å². The number of aromatic amines is 1. The maximum atomic E-state index is 12.6. The molecule has 0 saturated carbocycles. The fourth-order valence-electron chi connectivity index (χ4n) is 1.09. The lowest BCUT2D eigenvalue weighted by Gasteiger charge is -1.90. The van der Waals surface area contributed by atoms with Crippen LogP contribution in [0.2, 0.25) is 0 Å². The number of aryl methyl sites for hydroxylation is 2. The van der Waals surface area contributed by atoms with Gasteiger partial charge in [0.2, 0.25) is 5.83 Å². The van der Waals surface area contributed by atoms with E-state index in [4.69, 9.17) is 5.11 Å². The Morgan fingerprint density at radius 2 is 2.23 bits per heavy atom. The molecule has 0 saturated heterocycles. The lowest BCUT2D eigenvalue weighted by atomic mass is 10.2. The Kier molecular flexibility index (Phi) is 2.51. The fourth-order valence-corrected chi connectivity index (χ4v) is 1.09. The van der Waals surface area contributed by atoms with Crippen LogP contribution in [-0.2, 0) is 4.79 Å². The molecule has 0 fully saturated rings. The number of nitrogens with one attached hydrogen (secondary N) is 1. The van der Waals surface area contributed by atoms with Gasteiger partial charge < -0.3 is 10.1 Å². The van der Waals surface area contributed by atoms with Gasteiger partial charge in [0.1, 0.15) is 0 Å². The number of hydrogen-bond acceptors (Lipinski definition) is 1. The Morgan fingerprint density at radius 3 is 2.62 bits per heavy atom. The SMILES string of the molecule is Cc1cc(/C=C(/F)C(=O)O)c(C)[nH]1. The van der Waals surface area contributed by atoms with E-state index in [1.807, 2.05) is 6.92 Å². The molecule has 0 radical (unpaired) electrons. The van der Waals surface area contributed by atoms with E-state index in [0.29, 0.717) is 5.56 Å². The smallest absolute Gasteiger partial charge is 0.364 e. The van der Waals surface area contributed by atoms with Gasteiger partial charge >= 0.3 is 5.97 Å². The van der Waals surface area contributed by atoms with E-state index >= 15 is 0 Å². The van der Waals surface area contributed by atoms with E-state index in [1.165, 1.54) is 0 Å². The summed E-state index contributed by atoms with van der Waals surface area (Å²) in [6.07, 6.45) is 1.00. The second-order valence-corrected chi connectivity index (χ2v) is 2.83. The highest BCUT2D eigenvalue weighted by Crippen LogP contribution is 2.14. The largest absolute Gasteiger partial charge is 0.476 e. The van der Waals surface area contributed by atoms with Crippen LogP contribution in [0.4, 0.5) is 4.39 Å². The first kappa shape index (κ1) is 9.51. The number of carbonyl (C=O) groups is 1. The number of aliphatic carboxylic acids is 1. The molecule has 70 valence electrons. The van der Waals surface area contributed by atoms with Crippen LogP contribution in [0.1, 0.15) is 17.0 Å². The predicted octanol–water partition coefficient (Wildman–Crippen LogP) is 2.03. The highest BCUT2D eigenvalue weighted by atomic mass is 19.1. The minimum Gasteiger partial charge on any atom is -0.476 e. The molecular weight excluding hydrogens is 173 g/mol. The van der Waals surface area contributed by atoms with Gasteiger partial charge in [0.15, 0.2) is 0 Å². The molecule has 0 aromatic carbocycles. The van der Waals surface area contributed by atoms with Crippen molar-refractivity contribution in [2.45, 2.75) is 13.8 Å². The summed E-state index contributed by atoms with van der Waals surface area (Å²) in [5.41, 5.74) is 2.20. The van der Waals surface area contributed by atoms with Crippen molar-refractivity contribution < 1.29 is 14.3 Å². The van der Waals surface area contributed by atoms with E-state index in [9.17, 15) is 9.18 Å². The van der Waals surface area contributed by atoms with Crippen LogP contribution in [0.25, 0.3) is 6.08 Å². The number of rotatable bonds is 2. The number of aromatic nitrogens is 1. The van der Waals surface area contributed by atoms with Crippen LogP contribution >= 0.6 is 0 Å². The minimum atomic E-state index is -1.54. The van der Waals surface area contributed by atoms with E-state index in [-0.39, 0.29) is 0 Å². The molecule has 4 heteroatoms. The van der Waals surface area contributed by atoms with Crippen LogP contribution in [0.5, 0.6) is 0 Å². The summed E-state index contributed by atoms with van der Waals surface area (Å²) in [7, 11) is 0. The zero-order valence-electron chi connectivity index (χ0n) is 7.39. The molecule has 1 rings (SSSR count). The van der Waals surface area contributed by atoms with E-state index in [1.54, 1.807) is 13.0 Å². The quantitative estimate of drug-likeness (QED) is 0.689. The maximum Gasteiger partial charge on any atom is 0.364 e. The van der Waals surface area contributed by atoms with Gasteiger partial charge in [0, 0.05) is 11.4 Å². The zero-order valence-corrected chi connectivity index (χ0v) is 7.39. The second kappa shape index (κ2) is 3.43. The molecule has 0 amide bonds. The van der Waals surface area contributed by atoms with E-state index < -0.39 is 11.8 Å². The summed E-state index contributed by atoms with van der Waals surface area (Å²) >= 11 is 0. The normalized spacial score (nSPS) is 11.8. The lowest BCUT2D eigenvalue weighted by Crippen LogP contribution is -1.94. The fraction of sp³-hybridized carbons (Fsp3) is 0.222. The Morgan fingerprint density at radius 1 is 1.62 bits per heavy atom. The third-order valence-corrected chi connectivity index (χ3v) is 1.68. The van der Waals surface area contributed by atoms with Crippen molar-refractivity contribution in [3.05, 3.63) is 28.8 Å². The summed E-state index contributed by atoms with van der Waals surface area (Å²) in [4.78, 5) is 13.1. The Labute approximate surface area is 74.9 Å². The molecule has 0 bridgehead atoms. The molecule has 3 nitrogen and oxygen atoms in total. The molecule has 2 N–H and O–H groups in total. The van der Waals surface area contributed by atoms with Crippen molar-refractivity contribution in [2.75, 3.05) is 0 Å². The van der Waals surface area contributed by atoms with E-state index in [0.717, 1.165) is 17.5 Å². The standard InChI is InChI=1S/C9H10FNO2/c1-5-3-7(6(2)11-5)4-8(10)9(12)13/h3-4,11H,1-2H3,(H,12,13)/b8-4+. The van der Waals surface area contributed by atoms with Gasteiger partial charge in [-0.25, -0.2) is 4.79 Å². The van der Waals surface area contributed by atoms with E-state index in [2.05, 4.69) is 4.98 Å². The lowest BCUT2D eigenvalue weighted by molar-refractivity contribution is -0.134. The molecule has 1 heterocycles. The van der Waals surface area contributed by atoms with Crippen molar-refractivity contribution in [3.8, 4) is 0 Å². The number of carboxylic acid groups (broad SMARTS) is 1. The molecule has 1 aromatic heterocycles. The molecular formula is C9H10FNO2. The van der Waals surface area contributed by atoms with Crippen LogP contribution in [-0.4, -0.2) is 16.1 Å². The molecule has 0 aliphatic rings. The molecule has 0 aliphatic heterocycles. The number of halogens is 1. The summed E-state index contributed by atoms with van der Waals surface area (Å²) < 4.78 is 12.6. The summed E-state index contributed by atoms with van der Waals surface area (Å²) in [6.45, 7) is 3.58. The molecule has 1 aromatic rings. The minimum absolute atomic E-state index is 0.567. The third-order valence-electron chi connectivity index (χ3n) is 1.68. The zero-order chi connectivity index (χ0) is 10.0. The summed E-state index contributed by atoms with van der Waals surface area (Å²) in [6, 6.07) is 1.69. The second-order valence-electron chi connectivity index (χ2n) is 2.83. The highest BCUT2D eigenvalue weighted by molar-refractivity contribution is 5.89. The Balaban J connectivity index is 3.03. The van der Waals surface area contributed by atoms with Crippen molar-refractivity contribution in [1.29, 1.82) is 0 Å². The van der Waals surface area contributed by atoms with Crippen molar-refractivity contribution >= 4 is 12.0 Å². The first-order valence-corrected chi connectivity index (χ1v) is 3.77. The average molecular weight is 183 g/mol. The van der Waals surface area contributed by atoms with Crippen LogP contribution in [0, 0.1) is 13.8 Å². The first-order valence-electron chi connectivity index (χ1n) is 3.77. The van der Waals surface area contributed by atoms with Crippen molar-refractivity contribution in [3.63, 3.8) is 0 Å². The molecule has 0 aliphatic carbocycles. The van der Waals surface area contributed by atoms with Gasteiger partial charge in [0.05, 0.1) is 0 Å². The topological polar surface area (TPSA) is 53.1 Å². The summed E-state index contributed by atoms with van der Waals surface area (Å²) in [5, 5.41) is 8.29. The molecule has 0 atom stereocenters. The van der Waals surface area contributed by atoms with Crippen LogP contribution in [0.3, 0.4) is 0 Å². The summed E-state index contributed by atoms with van der Waals surface area (Å²) in [5.74, 6) is -2.69. The van der Waals surface area contributed by atoms with Gasteiger partial charge in [-0.15, -0.1) is 0 Å². The van der Waals surface area contributed by atoms with Gasteiger partial charge in [-0.3, -0.25) is 0 Å². The van der Waals surface area contributed by atoms with Crippen molar-refractivity contribution in [1.82, 2.24) is 4.98 Å². The number of hydrogen-bond donors (Lipinski definition) is 2. The van der Waals surface area contributed by atoms with Gasteiger partial charge in [-0.1, -0.05) is 0 Å².